The molecule has 0 aromatic carbocycles. The summed E-state index contributed by atoms with van der Waals surface area (Å²) in [4.78, 5) is 31.4. The van der Waals surface area contributed by atoms with Crippen LogP contribution >= 0.6 is 0 Å². The summed E-state index contributed by atoms with van der Waals surface area (Å²) < 4.78 is 6.13. The predicted octanol–water partition coefficient (Wildman–Crippen LogP) is 4.02. The summed E-state index contributed by atoms with van der Waals surface area (Å²) in [5.41, 5.74) is 0.331. The number of ether oxygens (including phenoxy) is 1. The van der Waals surface area contributed by atoms with Crippen LogP contribution in [0.3, 0.4) is 0 Å². The van der Waals surface area contributed by atoms with Gasteiger partial charge in [-0.3, -0.25) is 14.7 Å². The molecule has 0 radical (unpaired) electrons. The van der Waals surface area contributed by atoms with Gasteiger partial charge >= 0.3 is 12.1 Å². The first-order chi connectivity index (χ1) is 13.6. The Bertz CT molecular complexity index is 769. The van der Waals surface area contributed by atoms with Crippen LogP contribution in [0, 0.1) is 23.2 Å². The molecule has 6 unspecified atom stereocenters. The zero-order valence-corrected chi connectivity index (χ0v) is 16.1. The second-order valence-corrected chi connectivity index (χ2v) is 9.34. The highest BCUT2D eigenvalue weighted by Crippen LogP contribution is 2.58. The van der Waals surface area contributed by atoms with Crippen molar-refractivity contribution in [3.8, 4) is 0 Å². The average molecular weight is 384 g/mol. The van der Waals surface area contributed by atoms with Crippen molar-refractivity contribution >= 4 is 12.1 Å². The minimum Gasteiger partial charge on any atom is -0.481 e. The van der Waals surface area contributed by atoms with Crippen molar-refractivity contribution in [2.45, 2.75) is 63.5 Å². The molecule has 1 aromatic heterocycles. The lowest BCUT2D eigenvalue weighted by Crippen LogP contribution is -2.47. The number of rotatable bonds is 3. The molecule has 4 bridgehead atoms. The van der Waals surface area contributed by atoms with Crippen molar-refractivity contribution in [3.05, 3.63) is 30.1 Å². The largest absolute Gasteiger partial charge is 0.481 e. The number of likely N-dealkylation sites (tertiary alicyclic amines) is 1. The van der Waals surface area contributed by atoms with Crippen molar-refractivity contribution in [2.24, 2.45) is 23.2 Å². The Hall–Kier alpha value is -2.11. The second-order valence-electron chi connectivity index (χ2n) is 9.34. The fraction of sp³-hybridized carbons (Fsp3) is 0.682. The third-order valence-electron chi connectivity index (χ3n) is 7.73. The number of aliphatic carboxylic acids is 1. The molecule has 4 saturated carbocycles. The number of fused-ring (bicyclic) bond motifs is 1. The van der Waals surface area contributed by atoms with Gasteiger partial charge in [0.05, 0.1) is 17.2 Å². The highest BCUT2D eigenvalue weighted by atomic mass is 16.6. The van der Waals surface area contributed by atoms with Crippen molar-refractivity contribution in [1.29, 1.82) is 0 Å². The van der Waals surface area contributed by atoms with E-state index in [9.17, 15) is 14.7 Å². The summed E-state index contributed by atoms with van der Waals surface area (Å²) in [5, 5.41) is 9.88. The third-order valence-corrected chi connectivity index (χ3v) is 7.73. The molecule has 1 N–H and O–H groups in total. The first-order valence-electron chi connectivity index (χ1n) is 10.7. The van der Waals surface area contributed by atoms with Crippen LogP contribution in [0.15, 0.2) is 24.4 Å². The van der Waals surface area contributed by atoms with Gasteiger partial charge in [0.2, 0.25) is 0 Å². The lowest BCUT2D eigenvalue weighted by Gasteiger charge is -2.46. The highest BCUT2D eigenvalue weighted by molar-refractivity contribution is 5.75. The lowest BCUT2D eigenvalue weighted by atomic mass is 9.60. The number of hydrogen-bond donors (Lipinski definition) is 1. The monoisotopic (exact) mass is 384 g/mol. The van der Waals surface area contributed by atoms with E-state index in [1.165, 1.54) is 0 Å². The SMILES string of the molecule is O=C(OC1C2CCC3(C(=O)O)CC(C2)CC1C3)N1CCCC1c1ccccn1. The van der Waals surface area contributed by atoms with Crippen molar-refractivity contribution < 1.29 is 19.4 Å². The number of nitrogens with zero attached hydrogens (tertiary/aromatic N) is 2. The van der Waals surface area contributed by atoms with Crippen LogP contribution in [-0.2, 0) is 9.53 Å². The van der Waals surface area contributed by atoms with Crippen LogP contribution in [0.4, 0.5) is 4.79 Å². The molecule has 6 heteroatoms. The molecule has 6 atom stereocenters. The van der Waals surface area contributed by atoms with E-state index in [1.807, 2.05) is 23.1 Å². The first-order valence-corrected chi connectivity index (χ1v) is 10.7. The molecule has 28 heavy (non-hydrogen) atoms. The van der Waals surface area contributed by atoms with Crippen LogP contribution in [0.5, 0.6) is 0 Å². The fourth-order valence-electron chi connectivity index (χ4n) is 6.58. The summed E-state index contributed by atoms with van der Waals surface area (Å²) >= 11 is 0. The minimum atomic E-state index is -0.649. The van der Waals surface area contributed by atoms with Crippen molar-refractivity contribution in [2.75, 3.05) is 6.54 Å². The van der Waals surface area contributed by atoms with E-state index in [1.54, 1.807) is 6.20 Å². The Labute approximate surface area is 165 Å². The Morgan fingerprint density at radius 3 is 2.82 bits per heavy atom. The van der Waals surface area contributed by atoms with Gasteiger partial charge in [-0.15, -0.1) is 0 Å². The van der Waals surface area contributed by atoms with Gasteiger partial charge in [0, 0.05) is 12.7 Å². The van der Waals surface area contributed by atoms with Crippen LogP contribution in [0.2, 0.25) is 0 Å². The molecule has 0 spiro atoms. The quantitative estimate of drug-likeness (QED) is 0.851. The van der Waals surface area contributed by atoms with Gasteiger partial charge < -0.3 is 9.84 Å². The number of carbonyl (C=O) groups is 2. The van der Waals surface area contributed by atoms with Gasteiger partial charge in [-0.25, -0.2) is 4.79 Å². The number of carboxylic acids is 1. The van der Waals surface area contributed by atoms with Crippen molar-refractivity contribution in [3.63, 3.8) is 0 Å². The van der Waals surface area contributed by atoms with Crippen molar-refractivity contribution in [1.82, 2.24) is 9.88 Å². The molecule has 5 aliphatic rings. The zero-order valence-electron chi connectivity index (χ0n) is 16.1. The number of carboxylic acid groups (broad SMARTS) is 1. The fourth-order valence-corrected chi connectivity index (χ4v) is 6.58. The first kappa shape index (κ1) is 18.0. The van der Waals surface area contributed by atoms with E-state index in [-0.39, 0.29) is 24.2 Å². The summed E-state index contributed by atoms with van der Waals surface area (Å²) in [7, 11) is 0. The molecule has 6 rings (SSSR count). The molecule has 1 saturated heterocycles. The number of hydrogen-bond acceptors (Lipinski definition) is 4. The molecule has 2 heterocycles. The smallest absolute Gasteiger partial charge is 0.410 e. The molecular weight excluding hydrogens is 356 g/mol. The van der Waals surface area contributed by atoms with Crippen LogP contribution in [0.1, 0.15) is 63.1 Å². The van der Waals surface area contributed by atoms with Gasteiger partial charge in [0.1, 0.15) is 6.10 Å². The summed E-state index contributed by atoms with van der Waals surface area (Å²) in [6, 6.07) is 5.80. The minimum absolute atomic E-state index is 0.0157. The van der Waals surface area contributed by atoms with Crippen LogP contribution in [-0.4, -0.2) is 39.7 Å². The molecule has 6 nitrogen and oxygen atoms in total. The van der Waals surface area contributed by atoms with Gasteiger partial charge in [-0.1, -0.05) is 6.07 Å². The molecule has 150 valence electrons. The molecule has 1 aromatic rings. The Morgan fingerprint density at radius 2 is 2.04 bits per heavy atom. The number of aromatic nitrogens is 1. The number of pyridine rings is 1. The topological polar surface area (TPSA) is 79.7 Å². The normalized spacial score (nSPS) is 39.0. The molecular formula is C22H28N2O4. The Kier molecular flexibility index (Phi) is 4.33. The zero-order chi connectivity index (χ0) is 19.3. The maximum Gasteiger partial charge on any atom is 0.410 e. The highest BCUT2D eigenvalue weighted by Gasteiger charge is 2.56. The standard InChI is InChI=1S/C22H28N2O4/c25-20(26)22-7-6-15-10-14(12-22)11-16(13-22)19(15)28-21(27)24-9-3-5-18(24)17-4-1-2-8-23-17/h1-2,4,8,14-16,18-19H,3,5-7,9-13H2,(H,25,26). The summed E-state index contributed by atoms with van der Waals surface area (Å²) in [6.45, 7) is 0.698. The predicted molar refractivity (Wildman–Crippen MR) is 101 cm³/mol. The van der Waals surface area contributed by atoms with Crippen LogP contribution in [0.25, 0.3) is 0 Å². The van der Waals surface area contributed by atoms with Gasteiger partial charge in [0.15, 0.2) is 0 Å². The summed E-state index contributed by atoms with van der Waals surface area (Å²) in [5.74, 6) is 0.332. The molecule has 1 aliphatic heterocycles. The maximum absolute atomic E-state index is 13.1. The van der Waals surface area contributed by atoms with E-state index in [0.29, 0.717) is 24.8 Å². The Morgan fingerprint density at radius 1 is 1.18 bits per heavy atom. The van der Waals surface area contributed by atoms with Crippen LogP contribution < -0.4 is 0 Å². The number of carbonyl (C=O) groups excluding carboxylic acids is 1. The second kappa shape index (κ2) is 6.75. The molecule has 4 aliphatic carbocycles. The maximum atomic E-state index is 13.1. The molecule has 5 fully saturated rings. The van der Waals surface area contributed by atoms with E-state index in [4.69, 9.17) is 4.74 Å². The molecule has 1 amide bonds. The lowest BCUT2D eigenvalue weighted by molar-refractivity contribution is -0.155. The van der Waals surface area contributed by atoms with Gasteiger partial charge in [0.25, 0.3) is 0 Å². The van der Waals surface area contributed by atoms with E-state index in [2.05, 4.69) is 4.98 Å². The number of amides is 1. The van der Waals surface area contributed by atoms with Gasteiger partial charge in [-0.05, 0) is 81.3 Å². The van der Waals surface area contributed by atoms with E-state index < -0.39 is 11.4 Å². The van der Waals surface area contributed by atoms with E-state index in [0.717, 1.165) is 50.6 Å². The van der Waals surface area contributed by atoms with E-state index >= 15 is 0 Å². The third kappa shape index (κ3) is 2.88. The van der Waals surface area contributed by atoms with Gasteiger partial charge in [-0.2, -0.15) is 0 Å². The summed E-state index contributed by atoms with van der Waals surface area (Å²) in [6.07, 6.45) is 8.34. The average Bonchev–Trinajstić information content (AvgIpc) is 3.11. The Balaban J connectivity index is 1.34.